The summed E-state index contributed by atoms with van der Waals surface area (Å²) in [6.07, 6.45) is 0. The Labute approximate surface area is 173 Å². The van der Waals surface area contributed by atoms with E-state index in [9.17, 15) is 4.79 Å². The minimum absolute atomic E-state index is 0.0368. The first kappa shape index (κ1) is 20.6. The molecule has 0 unspecified atom stereocenters. The number of rotatable bonds is 8. The quantitative estimate of drug-likeness (QED) is 0.623. The molecule has 0 saturated heterocycles. The van der Waals surface area contributed by atoms with Crippen LogP contribution < -0.4 is 15.5 Å². The fourth-order valence-corrected chi connectivity index (χ4v) is 3.31. The Morgan fingerprint density at radius 1 is 0.897 bits per heavy atom. The number of benzene rings is 3. The number of nitrogens with zero attached hydrogens (tertiary/aromatic N) is 1. The molecule has 29 heavy (non-hydrogen) atoms. The molecule has 0 aliphatic heterocycles. The van der Waals surface area contributed by atoms with E-state index in [2.05, 4.69) is 83.1 Å². The topological polar surface area (TPSA) is 49.0 Å². The number of nitrogens with one attached hydrogen (secondary N) is 1. The van der Waals surface area contributed by atoms with Crippen LogP contribution in [0.25, 0.3) is 0 Å². The van der Waals surface area contributed by atoms with Crippen LogP contribution in [-0.2, 0) is 11.3 Å². The lowest BCUT2D eigenvalue weighted by atomic mass is 9.98. The zero-order valence-corrected chi connectivity index (χ0v) is 17.4. The molecule has 0 fully saturated rings. The van der Waals surface area contributed by atoms with Crippen molar-refractivity contribution in [3.63, 3.8) is 0 Å². The van der Waals surface area contributed by atoms with Crippen LogP contribution in [0.15, 0.2) is 78.9 Å². The zero-order chi connectivity index (χ0) is 20.6. The van der Waals surface area contributed by atoms with Gasteiger partial charge in [0.05, 0.1) is 0 Å². The fourth-order valence-electron chi connectivity index (χ4n) is 3.31. The largest absolute Gasteiger partial charge is 0.378 e. The van der Waals surface area contributed by atoms with E-state index in [4.69, 9.17) is 0 Å². The van der Waals surface area contributed by atoms with Gasteiger partial charge in [0.1, 0.15) is 6.04 Å². The molecule has 3 aromatic carbocycles. The van der Waals surface area contributed by atoms with Crippen molar-refractivity contribution in [3.05, 3.63) is 101 Å². The van der Waals surface area contributed by atoms with Gasteiger partial charge < -0.3 is 15.5 Å². The van der Waals surface area contributed by atoms with Crippen LogP contribution in [0.1, 0.15) is 28.3 Å². The summed E-state index contributed by atoms with van der Waals surface area (Å²) in [4.78, 5) is 14.5. The van der Waals surface area contributed by atoms with Crippen molar-refractivity contribution in [2.75, 3.05) is 25.5 Å². The van der Waals surface area contributed by atoms with Gasteiger partial charge in [-0.25, -0.2) is 0 Å². The van der Waals surface area contributed by atoms with Gasteiger partial charge >= 0.3 is 0 Å². The van der Waals surface area contributed by atoms with Crippen molar-refractivity contribution in [1.29, 1.82) is 0 Å². The van der Waals surface area contributed by atoms with Crippen molar-refractivity contribution >= 4 is 11.6 Å². The van der Waals surface area contributed by atoms with Gasteiger partial charge in [-0.3, -0.25) is 4.79 Å². The zero-order valence-electron chi connectivity index (χ0n) is 17.4. The molecule has 0 bridgehead atoms. The summed E-state index contributed by atoms with van der Waals surface area (Å²) in [5, 5.41) is 5.13. The first-order valence-electron chi connectivity index (χ1n) is 10.0. The molecule has 4 nitrogen and oxygen atoms in total. The standard InChI is InChI=1S/C25H29N3O/c1-19-9-13-22(14-10-19)25(21-7-5-4-6-8-21)27-18-24(29)26-17-20-11-15-23(16-12-20)28(2)3/h4-16,25,27H,17-18H2,1-3H3,(H,26,29)/p+1/t25-/m0/s1. The summed E-state index contributed by atoms with van der Waals surface area (Å²) in [5.74, 6) is 0.0368. The predicted octanol–water partition coefficient (Wildman–Crippen LogP) is 3.03. The molecule has 0 spiro atoms. The lowest BCUT2D eigenvalue weighted by Crippen LogP contribution is -2.87. The van der Waals surface area contributed by atoms with Crippen molar-refractivity contribution in [1.82, 2.24) is 5.32 Å². The maximum Gasteiger partial charge on any atom is 0.275 e. The van der Waals surface area contributed by atoms with Crippen LogP contribution in [0, 0.1) is 6.92 Å². The summed E-state index contributed by atoms with van der Waals surface area (Å²) in [7, 11) is 4.04. The average Bonchev–Trinajstić information content (AvgIpc) is 2.74. The number of hydrogen-bond acceptors (Lipinski definition) is 2. The van der Waals surface area contributed by atoms with Gasteiger partial charge in [0, 0.05) is 37.5 Å². The third-order valence-corrected chi connectivity index (χ3v) is 5.08. The van der Waals surface area contributed by atoms with E-state index in [1.165, 1.54) is 16.7 Å². The van der Waals surface area contributed by atoms with Crippen LogP contribution in [0.4, 0.5) is 5.69 Å². The first-order valence-corrected chi connectivity index (χ1v) is 10.0. The van der Waals surface area contributed by atoms with E-state index >= 15 is 0 Å². The number of quaternary nitrogens is 1. The second-order valence-corrected chi connectivity index (χ2v) is 7.58. The highest BCUT2D eigenvalue weighted by Crippen LogP contribution is 2.18. The summed E-state index contributed by atoms with van der Waals surface area (Å²) < 4.78 is 0. The molecule has 0 radical (unpaired) electrons. The number of nitrogens with two attached hydrogens (primary N) is 1. The third kappa shape index (κ3) is 5.93. The summed E-state index contributed by atoms with van der Waals surface area (Å²) in [5.41, 5.74) is 5.88. The molecule has 0 saturated carbocycles. The molecule has 3 aromatic rings. The van der Waals surface area contributed by atoms with Crippen LogP contribution in [0.2, 0.25) is 0 Å². The summed E-state index contributed by atoms with van der Waals surface area (Å²) in [6, 6.07) is 27.2. The SMILES string of the molecule is Cc1ccc([C@@H]([NH2+]CC(=O)NCc2ccc(N(C)C)cc2)c2ccccc2)cc1. The normalized spacial score (nSPS) is 11.7. The van der Waals surface area contributed by atoms with Gasteiger partial charge in [0.2, 0.25) is 0 Å². The number of anilines is 1. The number of aryl methyl sites for hydroxylation is 1. The molecule has 3 rings (SSSR count). The van der Waals surface area contributed by atoms with Crippen molar-refractivity contribution in [3.8, 4) is 0 Å². The summed E-state index contributed by atoms with van der Waals surface area (Å²) >= 11 is 0. The minimum Gasteiger partial charge on any atom is -0.378 e. The van der Waals surface area contributed by atoms with E-state index in [0.29, 0.717) is 13.1 Å². The van der Waals surface area contributed by atoms with Crippen LogP contribution in [0.5, 0.6) is 0 Å². The van der Waals surface area contributed by atoms with Gasteiger partial charge in [-0.2, -0.15) is 0 Å². The average molecular weight is 389 g/mol. The van der Waals surface area contributed by atoms with Gasteiger partial charge in [0.15, 0.2) is 6.54 Å². The second kappa shape index (κ2) is 9.89. The first-order chi connectivity index (χ1) is 14.0. The molecular formula is C25H30N3O+. The molecular weight excluding hydrogens is 358 g/mol. The Kier molecular flexibility index (Phi) is 7.04. The van der Waals surface area contributed by atoms with Crippen LogP contribution in [0.3, 0.4) is 0 Å². The Morgan fingerprint density at radius 3 is 2.14 bits per heavy atom. The van der Waals surface area contributed by atoms with E-state index in [-0.39, 0.29) is 11.9 Å². The lowest BCUT2D eigenvalue weighted by molar-refractivity contribution is -0.676. The maximum absolute atomic E-state index is 12.5. The molecule has 3 N–H and O–H groups in total. The minimum atomic E-state index is 0.0368. The number of carbonyl (C=O) groups is 1. The monoisotopic (exact) mass is 388 g/mol. The Bertz CT molecular complexity index is 903. The van der Waals surface area contributed by atoms with Crippen molar-refractivity contribution < 1.29 is 10.1 Å². The number of hydrogen-bond donors (Lipinski definition) is 2. The van der Waals surface area contributed by atoms with Gasteiger partial charge in [-0.1, -0.05) is 72.3 Å². The highest BCUT2D eigenvalue weighted by molar-refractivity contribution is 5.76. The third-order valence-electron chi connectivity index (χ3n) is 5.08. The number of carbonyl (C=O) groups excluding carboxylic acids is 1. The molecule has 0 aromatic heterocycles. The predicted molar refractivity (Wildman–Crippen MR) is 119 cm³/mol. The van der Waals surface area contributed by atoms with Crippen molar-refractivity contribution in [2.45, 2.75) is 19.5 Å². The van der Waals surface area contributed by atoms with E-state index in [1.807, 2.05) is 32.3 Å². The lowest BCUT2D eigenvalue weighted by Gasteiger charge is -2.17. The van der Waals surface area contributed by atoms with Gasteiger partial charge in [-0.05, 0) is 24.6 Å². The molecule has 0 aliphatic carbocycles. The highest BCUT2D eigenvalue weighted by Gasteiger charge is 2.18. The molecule has 1 atom stereocenters. The molecule has 4 heteroatoms. The molecule has 1 amide bonds. The van der Waals surface area contributed by atoms with E-state index < -0.39 is 0 Å². The maximum atomic E-state index is 12.5. The van der Waals surface area contributed by atoms with Gasteiger partial charge in [-0.15, -0.1) is 0 Å². The Balaban J connectivity index is 1.60. The Morgan fingerprint density at radius 2 is 1.52 bits per heavy atom. The van der Waals surface area contributed by atoms with E-state index in [0.717, 1.165) is 11.3 Å². The van der Waals surface area contributed by atoms with Crippen LogP contribution in [-0.4, -0.2) is 26.5 Å². The van der Waals surface area contributed by atoms with Crippen LogP contribution >= 0.6 is 0 Å². The molecule has 0 aliphatic rings. The Hall–Kier alpha value is -3.11. The molecule has 0 heterocycles. The highest BCUT2D eigenvalue weighted by atomic mass is 16.1. The molecule has 150 valence electrons. The smallest absolute Gasteiger partial charge is 0.275 e. The van der Waals surface area contributed by atoms with E-state index in [1.54, 1.807) is 0 Å². The summed E-state index contributed by atoms with van der Waals surface area (Å²) in [6.45, 7) is 3.01. The van der Waals surface area contributed by atoms with Gasteiger partial charge in [0.25, 0.3) is 5.91 Å². The second-order valence-electron chi connectivity index (χ2n) is 7.58. The van der Waals surface area contributed by atoms with Crippen molar-refractivity contribution in [2.24, 2.45) is 0 Å². The number of amides is 1. The fraction of sp³-hybridized carbons (Fsp3) is 0.240.